The zero-order valence-electron chi connectivity index (χ0n) is 10.1. The summed E-state index contributed by atoms with van der Waals surface area (Å²) >= 11 is 6.13. The first kappa shape index (κ1) is 13.0. The van der Waals surface area contributed by atoms with Gasteiger partial charge < -0.3 is 15.2 Å². The van der Waals surface area contributed by atoms with E-state index in [0.717, 1.165) is 5.56 Å². The van der Waals surface area contributed by atoms with Crippen molar-refractivity contribution < 1.29 is 9.47 Å². The molecule has 2 unspecified atom stereocenters. The van der Waals surface area contributed by atoms with Crippen LogP contribution in [0.3, 0.4) is 0 Å². The third-order valence-electron chi connectivity index (χ3n) is 2.79. The molecule has 2 rings (SSSR count). The topological polar surface area (TPSA) is 56.5 Å². The lowest BCUT2D eigenvalue weighted by molar-refractivity contribution is 0.174. The molecule has 0 spiro atoms. The van der Waals surface area contributed by atoms with Crippen LogP contribution in [-0.2, 0) is 0 Å². The molecule has 1 aliphatic heterocycles. The fourth-order valence-corrected chi connectivity index (χ4v) is 2.11. The van der Waals surface area contributed by atoms with Crippen molar-refractivity contribution in [2.45, 2.75) is 19.0 Å². The maximum absolute atomic E-state index is 6.13. The molecule has 0 saturated heterocycles. The van der Waals surface area contributed by atoms with Crippen molar-refractivity contribution in [3.05, 3.63) is 22.7 Å². The third kappa shape index (κ3) is 2.54. The second-order valence-corrected chi connectivity index (χ2v) is 4.49. The van der Waals surface area contributed by atoms with Crippen molar-refractivity contribution in [1.29, 1.82) is 0 Å². The first-order valence-electron chi connectivity index (χ1n) is 5.67. The number of nitrogens with one attached hydrogen (secondary N) is 1. The predicted octanol–water partition coefficient (Wildman–Crippen LogP) is 1.68. The van der Waals surface area contributed by atoms with Gasteiger partial charge in [0.2, 0.25) is 6.79 Å². The SMILES string of the molecule is C#CC(C)NC(CN)c1cc(Cl)c2c(c1)OCO2. The van der Waals surface area contributed by atoms with Crippen LogP contribution in [-0.4, -0.2) is 19.4 Å². The number of nitrogens with two attached hydrogens (primary N) is 1. The maximum atomic E-state index is 6.13. The minimum absolute atomic E-state index is 0.0666. The Morgan fingerprint density at radius 2 is 2.33 bits per heavy atom. The van der Waals surface area contributed by atoms with Gasteiger partial charge in [0.25, 0.3) is 0 Å². The molecule has 0 saturated carbocycles. The summed E-state index contributed by atoms with van der Waals surface area (Å²) in [5.74, 6) is 3.84. The Morgan fingerprint density at radius 3 is 3.00 bits per heavy atom. The highest BCUT2D eigenvalue weighted by Gasteiger charge is 2.21. The number of benzene rings is 1. The number of rotatable bonds is 4. The lowest BCUT2D eigenvalue weighted by Gasteiger charge is -2.20. The zero-order valence-corrected chi connectivity index (χ0v) is 10.8. The second-order valence-electron chi connectivity index (χ2n) is 4.08. The Hall–Kier alpha value is -1.41. The van der Waals surface area contributed by atoms with Gasteiger partial charge in [-0.3, -0.25) is 5.32 Å². The predicted molar refractivity (Wildman–Crippen MR) is 70.8 cm³/mol. The fourth-order valence-electron chi connectivity index (χ4n) is 1.84. The van der Waals surface area contributed by atoms with Gasteiger partial charge in [0, 0.05) is 12.6 Å². The second kappa shape index (κ2) is 5.49. The normalized spacial score (nSPS) is 16.1. The first-order valence-corrected chi connectivity index (χ1v) is 6.04. The summed E-state index contributed by atoms with van der Waals surface area (Å²) in [6, 6.07) is 3.57. The van der Waals surface area contributed by atoms with Crippen LogP contribution in [0.15, 0.2) is 12.1 Å². The van der Waals surface area contributed by atoms with Gasteiger partial charge in [0.1, 0.15) is 0 Å². The lowest BCUT2D eigenvalue weighted by atomic mass is 10.1. The van der Waals surface area contributed by atoms with Gasteiger partial charge >= 0.3 is 0 Å². The van der Waals surface area contributed by atoms with Crippen LogP contribution in [0, 0.1) is 12.3 Å². The van der Waals surface area contributed by atoms with E-state index in [1.54, 1.807) is 0 Å². The summed E-state index contributed by atoms with van der Waals surface area (Å²) in [6.45, 7) is 2.51. The van der Waals surface area contributed by atoms with E-state index in [4.69, 9.17) is 33.2 Å². The molecule has 0 fully saturated rings. The fraction of sp³-hybridized carbons (Fsp3) is 0.385. The highest BCUT2D eigenvalue weighted by molar-refractivity contribution is 6.32. The van der Waals surface area contributed by atoms with Crippen molar-refractivity contribution in [2.24, 2.45) is 5.73 Å². The summed E-state index contributed by atoms with van der Waals surface area (Å²) in [4.78, 5) is 0. The Kier molecular flexibility index (Phi) is 3.97. The molecule has 96 valence electrons. The van der Waals surface area contributed by atoms with Gasteiger partial charge in [-0.05, 0) is 24.6 Å². The average Bonchev–Trinajstić information content (AvgIpc) is 2.84. The zero-order chi connectivity index (χ0) is 13.1. The summed E-state index contributed by atoms with van der Waals surface area (Å²) in [7, 11) is 0. The van der Waals surface area contributed by atoms with E-state index >= 15 is 0 Å². The third-order valence-corrected chi connectivity index (χ3v) is 3.07. The number of fused-ring (bicyclic) bond motifs is 1. The molecule has 0 amide bonds. The maximum Gasteiger partial charge on any atom is 0.231 e. The molecule has 1 aliphatic rings. The van der Waals surface area contributed by atoms with E-state index in [1.165, 1.54) is 0 Å². The van der Waals surface area contributed by atoms with Gasteiger partial charge in [0.15, 0.2) is 11.5 Å². The van der Waals surface area contributed by atoms with E-state index in [0.29, 0.717) is 23.1 Å². The number of ether oxygens (including phenoxy) is 2. The monoisotopic (exact) mass is 266 g/mol. The molecule has 0 aromatic heterocycles. The van der Waals surface area contributed by atoms with Crippen LogP contribution in [0.2, 0.25) is 5.02 Å². The van der Waals surface area contributed by atoms with Gasteiger partial charge in [0.05, 0.1) is 11.1 Å². The van der Waals surface area contributed by atoms with Crippen molar-refractivity contribution >= 4 is 11.6 Å². The average molecular weight is 267 g/mol. The van der Waals surface area contributed by atoms with Gasteiger partial charge in [-0.1, -0.05) is 17.5 Å². The quantitative estimate of drug-likeness (QED) is 0.814. The van der Waals surface area contributed by atoms with E-state index < -0.39 is 0 Å². The summed E-state index contributed by atoms with van der Waals surface area (Å²) in [5.41, 5.74) is 6.70. The van der Waals surface area contributed by atoms with Gasteiger partial charge in [-0.15, -0.1) is 6.42 Å². The first-order chi connectivity index (χ1) is 8.65. The Bertz CT molecular complexity index is 485. The molecular weight excluding hydrogens is 252 g/mol. The van der Waals surface area contributed by atoms with Crippen LogP contribution >= 0.6 is 11.6 Å². The largest absolute Gasteiger partial charge is 0.454 e. The minimum Gasteiger partial charge on any atom is -0.454 e. The minimum atomic E-state index is -0.0669. The molecule has 1 aromatic carbocycles. The van der Waals surface area contributed by atoms with Crippen molar-refractivity contribution in [2.75, 3.05) is 13.3 Å². The smallest absolute Gasteiger partial charge is 0.231 e. The van der Waals surface area contributed by atoms with E-state index in [9.17, 15) is 0 Å². The Balaban J connectivity index is 2.27. The van der Waals surface area contributed by atoms with Crippen LogP contribution in [0.4, 0.5) is 0 Å². The van der Waals surface area contributed by atoms with Crippen molar-refractivity contribution in [3.63, 3.8) is 0 Å². The molecule has 3 N–H and O–H groups in total. The number of terminal acetylenes is 1. The van der Waals surface area contributed by atoms with Crippen LogP contribution in [0.25, 0.3) is 0 Å². The lowest BCUT2D eigenvalue weighted by Crippen LogP contribution is -2.34. The Labute approximate surface area is 111 Å². The van der Waals surface area contributed by atoms with Gasteiger partial charge in [-0.2, -0.15) is 0 Å². The number of halogens is 1. The number of hydrogen-bond acceptors (Lipinski definition) is 4. The molecule has 0 radical (unpaired) electrons. The van der Waals surface area contributed by atoms with Crippen molar-refractivity contribution in [1.82, 2.24) is 5.32 Å². The standard InChI is InChI=1S/C13H15ClN2O2/c1-3-8(2)16-11(6-15)9-4-10(14)13-12(5-9)17-7-18-13/h1,4-5,8,11,16H,6-7,15H2,2H3. The van der Waals surface area contributed by atoms with E-state index in [2.05, 4.69) is 11.2 Å². The highest BCUT2D eigenvalue weighted by Crippen LogP contribution is 2.40. The Morgan fingerprint density at radius 1 is 1.56 bits per heavy atom. The molecule has 1 aromatic rings. The molecule has 18 heavy (non-hydrogen) atoms. The molecule has 0 bridgehead atoms. The molecule has 2 atom stereocenters. The molecule has 5 heteroatoms. The highest BCUT2D eigenvalue weighted by atomic mass is 35.5. The van der Waals surface area contributed by atoms with Crippen LogP contribution in [0.5, 0.6) is 11.5 Å². The molecular formula is C13H15ClN2O2. The number of hydrogen-bond donors (Lipinski definition) is 2. The molecule has 1 heterocycles. The summed E-state index contributed by atoms with van der Waals surface area (Å²) < 4.78 is 10.6. The van der Waals surface area contributed by atoms with Crippen molar-refractivity contribution in [3.8, 4) is 23.8 Å². The van der Waals surface area contributed by atoms with E-state index in [1.807, 2.05) is 19.1 Å². The summed E-state index contributed by atoms with van der Waals surface area (Å²) in [5, 5.41) is 3.76. The van der Waals surface area contributed by atoms with Gasteiger partial charge in [-0.25, -0.2) is 0 Å². The van der Waals surface area contributed by atoms with Crippen LogP contribution < -0.4 is 20.5 Å². The molecule has 4 nitrogen and oxygen atoms in total. The summed E-state index contributed by atoms with van der Waals surface area (Å²) in [6.07, 6.45) is 5.35. The van der Waals surface area contributed by atoms with Crippen LogP contribution in [0.1, 0.15) is 18.5 Å². The molecule has 0 aliphatic carbocycles. The van der Waals surface area contributed by atoms with E-state index in [-0.39, 0.29) is 18.9 Å².